The molecule has 2 aromatic carbocycles. The van der Waals surface area contributed by atoms with Crippen molar-refractivity contribution < 1.29 is 37.9 Å². The zero-order chi connectivity index (χ0) is 45.1. The number of carbonyl (C=O) groups is 6. The largest absolute Gasteiger partial charge is 0.490 e. The Kier molecular flexibility index (Phi) is 13.5. The summed E-state index contributed by atoms with van der Waals surface area (Å²) in [6, 6.07) is 13.2. The SMILES string of the molecule is N#Cc1ccc(OC2CCC(NC(=O)c3ccc(N4CCC(CN5CCN(c6cc7c(cc6F)C(=O)C(C6CCC(=O)N(CNC(=O)CN)C6=O)C7=O)CC5)CC4)nn3)CC2)cc1Cl. The number of nitrogens with two attached hydrogens (primary N) is 1. The fourth-order valence-corrected chi connectivity index (χ4v) is 9.75. The first-order valence-corrected chi connectivity index (χ1v) is 22.2. The third kappa shape index (κ3) is 9.57. The number of aromatic nitrogens is 2. The molecule has 5 aliphatic rings. The second-order valence-corrected chi connectivity index (χ2v) is 17.5. The molecule has 3 saturated heterocycles. The minimum Gasteiger partial charge on any atom is -0.490 e. The number of carbonyl (C=O) groups excluding carboxylic acids is 6. The Balaban J connectivity index is 0.770. The molecule has 8 rings (SSSR count). The summed E-state index contributed by atoms with van der Waals surface area (Å²) < 4.78 is 21.7. The van der Waals surface area contributed by atoms with Gasteiger partial charge in [-0.2, -0.15) is 5.26 Å². The summed E-state index contributed by atoms with van der Waals surface area (Å²) in [5, 5.41) is 23.6. The van der Waals surface area contributed by atoms with Crippen LogP contribution in [0.2, 0.25) is 5.02 Å². The van der Waals surface area contributed by atoms with E-state index < -0.39 is 53.6 Å². The number of hydrogen-bond acceptors (Lipinski definition) is 14. The fourth-order valence-electron chi connectivity index (χ4n) is 9.54. The van der Waals surface area contributed by atoms with Crippen LogP contribution >= 0.6 is 11.6 Å². The van der Waals surface area contributed by atoms with Gasteiger partial charge in [0, 0.05) is 75.5 Å². The molecule has 2 aliphatic carbocycles. The smallest absolute Gasteiger partial charge is 0.272 e. The topological polar surface area (TPSA) is 224 Å². The fraction of sp³-hybridized carbons (Fsp3) is 0.489. The highest BCUT2D eigenvalue weighted by Gasteiger charge is 2.50. The van der Waals surface area contributed by atoms with Crippen molar-refractivity contribution in [2.75, 3.05) is 68.8 Å². The van der Waals surface area contributed by atoms with E-state index in [9.17, 15) is 28.8 Å². The Morgan fingerprint density at radius 1 is 0.875 bits per heavy atom. The van der Waals surface area contributed by atoms with E-state index in [0.29, 0.717) is 48.4 Å². The molecule has 3 aliphatic heterocycles. The first-order chi connectivity index (χ1) is 30.9. The van der Waals surface area contributed by atoms with Crippen molar-refractivity contribution >= 4 is 58.3 Å². The summed E-state index contributed by atoms with van der Waals surface area (Å²) in [5.74, 6) is -4.59. The highest BCUT2D eigenvalue weighted by Crippen LogP contribution is 2.39. The first-order valence-electron chi connectivity index (χ1n) is 21.9. The summed E-state index contributed by atoms with van der Waals surface area (Å²) >= 11 is 6.15. The minimum absolute atomic E-state index is 0.00149. The number of nitrogens with zero attached hydrogens (tertiary/aromatic N) is 7. The number of nitriles is 1. The van der Waals surface area contributed by atoms with Gasteiger partial charge < -0.3 is 30.9 Å². The number of fused-ring (bicyclic) bond motifs is 1. The zero-order valence-electron chi connectivity index (χ0n) is 35.3. The van der Waals surface area contributed by atoms with Gasteiger partial charge in [0.05, 0.1) is 40.8 Å². The number of anilines is 2. The molecule has 4 amide bonds. The van der Waals surface area contributed by atoms with Crippen LogP contribution in [0.15, 0.2) is 42.5 Å². The zero-order valence-corrected chi connectivity index (χ0v) is 36.0. The van der Waals surface area contributed by atoms with E-state index in [2.05, 4.69) is 30.6 Å². The number of imide groups is 1. The van der Waals surface area contributed by atoms with Crippen LogP contribution in [-0.2, 0) is 14.4 Å². The Labute approximate surface area is 374 Å². The van der Waals surface area contributed by atoms with Crippen molar-refractivity contribution in [1.82, 2.24) is 30.6 Å². The number of halogens is 2. The molecule has 0 spiro atoms. The normalized spacial score (nSPS) is 23.2. The number of piperidine rings is 2. The number of Topliss-reactive ketones (excluding diaryl/α,β-unsaturated/α-hetero) is 2. The molecule has 0 radical (unpaired) electrons. The van der Waals surface area contributed by atoms with Crippen molar-refractivity contribution in [3.8, 4) is 11.8 Å². The quantitative estimate of drug-likeness (QED) is 0.176. The molecule has 3 aromatic rings. The van der Waals surface area contributed by atoms with Gasteiger partial charge >= 0.3 is 0 Å². The van der Waals surface area contributed by atoms with Gasteiger partial charge in [-0.15, -0.1) is 10.2 Å². The maximum Gasteiger partial charge on any atom is 0.272 e. The predicted molar refractivity (Wildman–Crippen MR) is 231 cm³/mol. The average molecular weight is 897 g/mol. The van der Waals surface area contributed by atoms with E-state index in [1.165, 1.54) is 6.07 Å². The van der Waals surface area contributed by atoms with Gasteiger partial charge in [0.1, 0.15) is 24.3 Å². The second kappa shape index (κ2) is 19.4. The van der Waals surface area contributed by atoms with E-state index in [0.717, 1.165) is 74.9 Å². The van der Waals surface area contributed by atoms with Crippen molar-refractivity contribution in [1.29, 1.82) is 5.26 Å². The Morgan fingerprint density at radius 2 is 1.59 bits per heavy atom. The van der Waals surface area contributed by atoms with Crippen molar-refractivity contribution in [3.05, 3.63) is 75.7 Å². The summed E-state index contributed by atoms with van der Waals surface area (Å²) in [7, 11) is 0. The number of nitrogens with one attached hydrogen (secondary N) is 2. The molecule has 336 valence electrons. The van der Waals surface area contributed by atoms with Crippen LogP contribution in [0, 0.1) is 34.9 Å². The second-order valence-electron chi connectivity index (χ2n) is 17.1. The molecular weight excluding hydrogens is 847 g/mol. The summed E-state index contributed by atoms with van der Waals surface area (Å²) in [6.07, 6.45) is 4.85. The molecule has 2 atom stereocenters. The van der Waals surface area contributed by atoms with E-state index in [1.807, 2.05) is 17.0 Å². The van der Waals surface area contributed by atoms with Crippen LogP contribution in [0.1, 0.15) is 88.1 Å². The average Bonchev–Trinajstić information content (AvgIpc) is 3.54. The number of piperazine rings is 1. The van der Waals surface area contributed by atoms with Crippen LogP contribution in [0.5, 0.6) is 5.75 Å². The van der Waals surface area contributed by atoms with Gasteiger partial charge in [0.25, 0.3) is 5.91 Å². The lowest BCUT2D eigenvalue weighted by molar-refractivity contribution is -0.153. The number of hydrogen-bond donors (Lipinski definition) is 3. The van der Waals surface area contributed by atoms with E-state index >= 15 is 4.39 Å². The number of rotatable bonds is 12. The molecule has 1 aromatic heterocycles. The third-order valence-corrected chi connectivity index (χ3v) is 13.5. The third-order valence-electron chi connectivity index (χ3n) is 13.2. The minimum atomic E-state index is -1.37. The summed E-state index contributed by atoms with van der Waals surface area (Å²) in [5.41, 5.74) is 6.22. The maximum atomic E-state index is 15.7. The molecule has 4 fully saturated rings. The van der Waals surface area contributed by atoms with Gasteiger partial charge in [0.15, 0.2) is 23.1 Å². The van der Waals surface area contributed by atoms with Crippen LogP contribution in [0.3, 0.4) is 0 Å². The van der Waals surface area contributed by atoms with E-state index in [1.54, 1.807) is 24.3 Å². The molecule has 4 N–H and O–H groups in total. The lowest BCUT2D eigenvalue weighted by Crippen LogP contribution is -2.53. The number of amides is 4. The van der Waals surface area contributed by atoms with Crippen LogP contribution in [0.4, 0.5) is 15.9 Å². The molecule has 17 nitrogen and oxygen atoms in total. The van der Waals surface area contributed by atoms with Crippen LogP contribution in [-0.4, -0.2) is 126 Å². The Hall–Kier alpha value is -6.03. The van der Waals surface area contributed by atoms with Crippen molar-refractivity contribution in [2.45, 2.75) is 63.5 Å². The monoisotopic (exact) mass is 896 g/mol. The van der Waals surface area contributed by atoms with Crippen LogP contribution < -0.4 is 30.9 Å². The van der Waals surface area contributed by atoms with Crippen molar-refractivity contribution in [2.24, 2.45) is 23.5 Å². The van der Waals surface area contributed by atoms with E-state index in [-0.39, 0.29) is 59.9 Å². The van der Waals surface area contributed by atoms with Gasteiger partial charge in [-0.3, -0.25) is 38.6 Å². The number of ketones is 2. The molecule has 1 saturated carbocycles. The number of likely N-dealkylation sites (tertiary alicyclic amines) is 1. The Bertz CT molecular complexity index is 2360. The lowest BCUT2D eigenvalue weighted by Gasteiger charge is -2.40. The molecule has 2 unspecified atom stereocenters. The molecule has 4 heterocycles. The van der Waals surface area contributed by atoms with E-state index in [4.69, 9.17) is 27.3 Å². The molecule has 19 heteroatoms. The highest BCUT2D eigenvalue weighted by molar-refractivity contribution is 6.32. The number of ether oxygens (including phenoxy) is 1. The van der Waals surface area contributed by atoms with Gasteiger partial charge in [-0.05, 0) is 87.3 Å². The maximum absolute atomic E-state index is 15.7. The standard InChI is InChI=1S/C45H50ClFN10O7/c46-34-19-30(4-1-27(34)22-48)64-29-5-2-28(3-6-29)51-44(62)36-8-9-38(53-52-36)56-13-11-26(12-14-56)24-54-15-17-55(18-16-54)37-21-33-32(20-35(37)47)42(60)41(43(33)61)31-7-10-40(59)57(45(31)63)25-50-39(58)23-49/h1,4,8-9,19-21,26,28-29,31,41H,2-3,5-7,10-18,23-25,49H2,(H,50,58)(H,51,62). The molecular formula is C45H50ClFN10O7. The summed E-state index contributed by atoms with van der Waals surface area (Å²) in [6.45, 7) is 4.15. The molecule has 64 heavy (non-hydrogen) atoms. The van der Waals surface area contributed by atoms with Gasteiger partial charge in [0.2, 0.25) is 17.7 Å². The lowest BCUT2D eigenvalue weighted by atomic mass is 9.81. The highest BCUT2D eigenvalue weighted by atomic mass is 35.5. The first kappa shape index (κ1) is 44.6. The predicted octanol–water partition coefficient (Wildman–Crippen LogP) is 3.09. The van der Waals surface area contributed by atoms with Gasteiger partial charge in [-0.25, -0.2) is 4.39 Å². The Morgan fingerprint density at radius 3 is 2.25 bits per heavy atom. The van der Waals surface area contributed by atoms with Crippen LogP contribution in [0.25, 0.3) is 0 Å². The van der Waals surface area contributed by atoms with Gasteiger partial charge in [-0.1, -0.05) is 11.6 Å². The number of benzene rings is 2. The van der Waals surface area contributed by atoms with Crippen molar-refractivity contribution in [3.63, 3.8) is 0 Å². The molecule has 0 bridgehead atoms. The summed E-state index contributed by atoms with van der Waals surface area (Å²) in [4.78, 5) is 85.0.